The molecule has 1 N–H and O–H groups in total. The van der Waals surface area contributed by atoms with E-state index in [4.69, 9.17) is 0 Å². The fourth-order valence-electron chi connectivity index (χ4n) is 1.93. The molecular weight excluding hydrogens is 250 g/mol. The second-order valence-electron chi connectivity index (χ2n) is 3.90. The van der Waals surface area contributed by atoms with Crippen molar-refractivity contribution in [1.82, 2.24) is 4.98 Å². The van der Waals surface area contributed by atoms with E-state index in [9.17, 15) is 8.42 Å². The largest absolute Gasteiger partial charge is 0.366 e. The highest BCUT2D eigenvalue weighted by atomic mass is 32.2. The fourth-order valence-corrected chi connectivity index (χ4v) is 3.46. The first-order chi connectivity index (χ1) is 8.69. The van der Waals surface area contributed by atoms with E-state index in [1.54, 1.807) is 42.6 Å². The first-order valence-corrected chi connectivity index (χ1v) is 6.89. The SMILES string of the molecule is O=S1(=O)c2ccccc2NCN1c1cccnc1. The van der Waals surface area contributed by atoms with Gasteiger partial charge in [0.25, 0.3) is 10.0 Å². The number of nitrogens with one attached hydrogen (secondary N) is 1. The number of rotatable bonds is 1. The molecule has 2 aromatic rings. The zero-order valence-corrected chi connectivity index (χ0v) is 10.3. The fraction of sp³-hybridized carbons (Fsp3) is 0.0833. The average Bonchev–Trinajstić information content (AvgIpc) is 2.40. The molecular formula is C12H11N3O2S. The minimum atomic E-state index is -3.51. The Hall–Kier alpha value is -2.08. The maximum absolute atomic E-state index is 12.5. The Balaban J connectivity index is 2.13. The van der Waals surface area contributed by atoms with Gasteiger partial charge in [-0.05, 0) is 24.3 Å². The lowest BCUT2D eigenvalue weighted by atomic mass is 10.3. The van der Waals surface area contributed by atoms with Crippen LogP contribution in [0.2, 0.25) is 0 Å². The molecule has 0 fully saturated rings. The summed E-state index contributed by atoms with van der Waals surface area (Å²) in [5.74, 6) is 0. The molecule has 0 spiro atoms. The van der Waals surface area contributed by atoms with Gasteiger partial charge in [-0.15, -0.1) is 0 Å². The van der Waals surface area contributed by atoms with Gasteiger partial charge in [-0.1, -0.05) is 12.1 Å². The zero-order valence-electron chi connectivity index (χ0n) is 9.45. The number of aromatic nitrogens is 1. The monoisotopic (exact) mass is 261 g/mol. The topological polar surface area (TPSA) is 62.3 Å². The maximum Gasteiger partial charge on any atom is 0.267 e. The van der Waals surface area contributed by atoms with Gasteiger partial charge in [0.2, 0.25) is 0 Å². The first kappa shape index (κ1) is 11.0. The van der Waals surface area contributed by atoms with Gasteiger partial charge in [0.1, 0.15) is 11.6 Å². The Morgan fingerprint density at radius 1 is 1.17 bits per heavy atom. The summed E-state index contributed by atoms with van der Waals surface area (Å²) in [6.07, 6.45) is 3.15. The van der Waals surface area contributed by atoms with Crippen molar-refractivity contribution in [3.63, 3.8) is 0 Å². The van der Waals surface area contributed by atoms with E-state index >= 15 is 0 Å². The van der Waals surface area contributed by atoms with Crippen LogP contribution in [0.4, 0.5) is 11.4 Å². The normalized spacial score (nSPS) is 16.8. The molecule has 18 heavy (non-hydrogen) atoms. The highest BCUT2D eigenvalue weighted by Gasteiger charge is 2.31. The van der Waals surface area contributed by atoms with Crippen molar-refractivity contribution in [3.05, 3.63) is 48.8 Å². The lowest BCUT2D eigenvalue weighted by molar-refractivity contribution is 0.590. The number of nitrogens with zero attached hydrogens (tertiary/aromatic N) is 2. The Labute approximate surface area is 105 Å². The molecule has 0 saturated heterocycles. The lowest BCUT2D eigenvalue weighted by Gasteiger charge is -2.30. The van der Waals surface area contributed by atoms with Crippen molar-refractivity contribution in [2.24, 2.45) is 0 Å². The molecule has 1 aliphatic heterocycles. The highest BCUT2D eigenvalue weighted by Crippen LogP contribution is 2.31. The number of hydrogen-bond donors (Lipinski definition) is 1. The minimum Gasteiger partial charge on any atom is -0.366 e. The molecule has 1 aromatic carbocycles. The van der Waals surface area contributed by atoms with E-state index in [0.717, 1.165) is 0 Å². The van der Waals surface area contributed by atoms with Crippen LogP contribution in [0.25, 0.3) is 0 Å². The van der Waals surface area contributed by atoms with Crippen molar-refractivity contribution in [3.8, 4) is 0 Å². The molecule has 5 nitrogen and oxygen atoms in total. The Bertz CT molecular complexity index is 671. The van der Waals surface area contributed by atoms with Crippen LogP contribution in [0.15, 0.2) is 53.7 Å². The number of pyridine rings is 1. The number of anilines is 2. The minimum absolute atomic E-state index is 0.213. The molecule has 1 aromatic heterocycles. The molecule has 0 radical (unpaired) electrons. The second-order valence-corrected chi connectivity index (χ2v) is 5.73. The van der Waals surface area contributed by atoms with Crippen molar-refractivity contribution in [1.29, 1.82) is 0 Å². The molecule has 2 heterocycles. The number of fused-ring (bicyclic) bond motifs is 1. The zero-order chi connectivity index (χ0) is 12.6. The quantitative estimate of drug-likeness (QED) is 0.848. The van der Waals surface area contributed by atoms with E-state index in [0.29, 0.717) is 16.3 Å². The molecule has 0 atom stereocenters. The number of sulfonamides is 1. The van der Waals surface area contributed by atoms with Crippen molar-refractivity contribution < 1.29 is 8.42 Å². The van der Waals surface area contributed by atoms with Crippen LogP contribution in [-0.4, -0.2) is 20.1 Å². The van der Waals surface area contributed by atoms with Gasteiger partial charge >= 0.3 is 0 Å². The van der Waals surface area contributed by atoms with Crippen molar-refractivity contribution in [2.75, 3.05) is 16.3 Å². The van der Waals surface area contributed by atoms with Crippen molar-refractivity contribution >= 4 is 21.4 Å². The van der Waals surface area contributed by atoms with E-state index in [1.165, 1.54) is 10.5 Å². The van der Waals surface area contributed by atoms with Crippen molar-refractivity contribution in [2.45, 2.75) is 4.90 Å². The third-order valence-corrected chi connectivity index (χ3v) is 4.63. The molecule has 0 aliphatic carbocycles. The number of benzene rings is 1. The van der Waals surface area contributed by atoms with E-state index < -0.39 is 10.0 Å². The predicted molar refractivity (Wildman–Crippen MR) is 68.8 cm³/mol. The van der Waals surface area contributed by atoms with E-state index in [-0.39, 0.29) is 6.67 Å². The summed E-state index contributed by atoms with van der Waals surface area (Å²) < 4.78 is 26.2. The van der Waals surface area contributed by atoms with Crippen LogP contribution in [0.1, 0.15) is 0 Å². The average molecular weight is 261 g/mol. The van der Waals surface area contributed by atoms with E-state index in [1.807, 2.05) is 0 Å². The van der Waals surface area contributed by atoms with Gasteiger partial charge in [-0.25, -0.2) is 12.7 Å². The molecule has 0 bridgehead atoms. The van der Waals surface area contributed by atoms with Crippen LogP contribution in [0.5, 0.6) is 0 Å². The van der Waals surface area contributed by atoms with Gasteiger partial charge in [-0.3, -0.25) is 4.98 Å². The summed E-state index contributed by atoms with van der Waals surface area (Å²) in [7, 11) is -3.51. The number of hydrogen-bond acceptors (Lipinski definition) is 4. The maximum atomic E-state index is 12.5. The van der Waals surface area contributed by atoms with Crippen LogP contribution < -0.4 is 9.62 Å². The van der Waals surface area contributed by atoms with Gasteiger partial charge in [0.15, 0.2) is 0 Å². The van der Waals surface area contributed by atoms with Crippen LogP contribution in [0, 0.1) is 0 Å². The molecule has 6 heteroatoms. The molecule has 0 saturated carbocycles. The van der Waals surface area contributed by atoms with Crippen LogP contribution in [-0.2, 0) is 10.0 Å². The molecule has 0 amide bonds. The third-order valence-electron chi connectivity index (χ3n) is 2.80. The lowest BCUT2D eigenvalue weighted by Crippen LogP contribution is -2.39. The van der Waals surface area contributed by atoms with Crippen LogP contribution >= 0.6 is 0 Å². The second kappa shape index (κ2) is 3.99. The summed E-state index contributed by atoms with van der Waals surface area (Å²) in [6, 6.07) is 10.3. The molecule has 0 unspecified atom stereocenters. The van der Waals surface area contributed by atoms with Gasteiger partial charge in [0.05, 0.1) is 17.6 Å². The van der Waals surface area contributed by atoms with Gasteiger partial charge < -0.3 is 5.32 Å². The molecule has 92 valence electrons. The Morgan fingerprint density at radius 3 is 2.78 bits per heavy atom. The number of para-hydroxylation sites is 1. The Kier molecular flexibility index (Phi) is 2.45. The van der Waals surface area contributed by atoms with Crippen LogP contribution in [0.3, 0.4) is 0 Å². The smallest absolute Gasteiger partial charge is 0.267 e. The first-order valence-electron chi connectivity index (χ1n) is 5.45. The molecule has 3 rings (SSSR count). The third kappa shape index (κ3) is 1.62. The summed E-state index contributed by atoms with van der Waals surface area (Å²) in [5, 5.41) is 3.09. The predicted octanol–water partition coefficient (Wildman–Crippen LogP) is 1.66. The van der Waals surface area contributed by atoms with Gasteiger partial charge in [-0.2, -0.15) is 0 Å². The van der Waals surface area contributed by atoms with E-state index in [2.05, 4.69) is 10.3 Å². The highest BCUT2D eigenvalue weighted by molar-refractivity contribution is 7.93. The summed E-state index contributed by atoms with van der Waals surface area (Å²) in [6.45, 7) is 0.213. The summed E-state index contributed by atoms with van der Waals surface area (Å²) in [5.41, 5.74) is 1.19. The Morgan fingerprint density at radius 2 is 2.00 bits per heavy atom. The summed E-state index contributed by atoms with van der Waals surface area (Å²) >= 11 is 0. The summed E-state index contributed by atoms with van der Waals surface area (Å²) in [4.78, 5) is 4.24. The van der Waals surface area contributed by atoms with Gasteiger partial charge in [0, 0.05) is 6.20 Å². The molecule has 1 aliphatic rings. The standard InChI is InChI=1S/C12H11N3O2S/c16-18(17)12-6-2-1-5-11(12)14-9-15(18)10-4-3-7-13-8-10/h1-8,14H,9H2.